The Bertz CT molecular complexity index is 330. The van der Waals surface area contributed by atoms with Crippen LogP contribution in [0.5, 0.6) is 0 Å². The van der Waals surface area contributed by atoms with Gasteiger partial charge in [0.1, 0.15) is 12.4 Å². The third-order valence-corrected chi connectivity index (χ3v) is 3.54. The maximum absolute atomic E-state index is 11.7. The first kappa shape index (κ1) is 15.0. The molecule has 0 aromatic rings. The van der Waals surface area contributed by atoms with E-state index in [4.69, 9.17) is 16.3 Å². The van der Waals surface area contributed by atoms with Crippen LogP contribution in [0, 0.1) is 5.41 Å². The van der Waals surface area contributed by atoms with Crippen LogP contribution < -0.4 is 5.32 Å². The smallest absolute Gasteiger partial charge is 0.407 e. The van der Waals surface area contributed by atoms with E-state index in [9.17, 15) is 9.59 Å². The maximum Gasteiger partial charge on any atom is 0.407 e. The summed E-state index contributed by atoms with van der Waals surface area (Å²) in [4.78, 5) is 23.2. The largest absolute Gasteiger partial charge is 0.448 e. The Kier molecular flexibility index (Phi) is 6.19. The molecular weight excluding hydrogens is 254 g/mol. The number of alkyl carbamates (subject to hydrolysis) is 1. The van der Waals surface area contributed by atoms with Crippen molar-refractivity contribution in [1.29, 1.82) is 0 Å². The summed E-state index contributed by atoms with van der Waals surface area (Å²) in [5.41, 5.74) is -0.529. The van der Waals surface area contributed by atoms with Crippen molar-refractivity contribution in [3.8, 4) is 0 Å². The number of nitrogens with one attached hydrogen (secondary N) is 1. The van der Waals surface area contributed by atoms with E-state index in [0.717, 1.165) is 12.8 Å². The van der Waals surface area contributed by atoms with Gasteiger partial charge in [-0.05, 0) is 32.6 Å². The number of Topliss-reactive ketones (excluding diaryl/α,β-unsaturated/α-hetero) is 1. The Hall–Kier alpha value is -1.03. The molecule has 0 spiro atoms. The Balaban J connectivity index is 2.41. The number of halogens is 1. The molecule has 4 nitrogen and oxygen atoms in total. The molecule has 1 atom stereocenters. The van der Waals surface area contributed by atoms with Gasteiger partial charge in [-0.2, -0.15) is 0 Å². The zero-order valence-corrected chi connectivity index (χ0v) is 11.5. The monoisotopic (exact) mass is 273 g/mol. The minimum absolute atomic E-state index is 0.0837. The number of allylic oxidation sites excluding steroid dienone is 2. The Morgan fingerprint density at radius 1 is 1.44 bits per heavy atom. The van der Waals surface area contributed by atoms with E-state index < -0.39 is 11.5 Å². The molecule has 5 heteroatoms. The molecule has 0 fully saturated rings. The molecular formula is C13H20ClNO3. The van der Waals surface area contributed by atoms with E-state index in [0.29, 0.717) is 25.3 Å². The summed E-state index contributed by atoms with van der Waals surface area (Å²) in [6.07, 6.45) is 6.52. The van der Waals surface area contributed by atoms with E-state index in [-0.39, 0.29) is 12.4 Å². The summed E-state index contributed by atoms with van der Waals surface area (Å²) >= 11 is 5.50. The quantitative estimate of drug-likeness (QED) is 0.460. The number of rotatable bonds is 6. The van der Waals surface area contributed by atoms with Crippen LogP contribution in [0.2, 0.25) is 0 Å². The molecule has 1 rings (SSSR count). The highest BCUT2D eigenvalue weighted by atomic mass is 35.5. The van der Waals surface area contributed by atoms with E-state index >= 15 is 0 Å². The topological polar surface area (TPSA) is 55.4 Å². The summed E-state index contributed by atoms with van der Waals surface area (Å²) in [6.45, 7) is 2.21. The molecule has 0 aliphatic heterocycles. The number of amides is 1. The van der Waals surface area contributed by atoms with Gasteiger partial charge in [0.15, 0.2) is 0 Å². The second-order valence-corrected chi connectivity index (χ2v) is 4.97. The summed E-state index contributed by atoms with van der Waals surface area (Å²) in [5.74, 6) is 0.586. The molecule has 1 aliphatic carbocycles. The SMILES string of the molecule is CC(=O)C1(COC(=O)NCCCCl)CC=CCC1. The summed E-state index contributed by atoms with van der Waals surface area (Å²) < 4.78 is 5.14. The van der Waals surface area contributed by atoms with Crippen molar-refractivity contribution >= 4 is 23.5 Å². The minimum atomic E-state index is -0.529. The first-order valence-corrected chi connectivity index (χ1v) is 6.77. The standard InChI is InChI=1S/C13H20ClNO3/c1-11(16)13(6-3-2-4-7-13)10-18-12(17)15-9-5-8-14/h2-3H,4-10H2,1H3,(H,15,17). The van der Waals surface area contributed by atoms with Crippen LogP contribution in [-0.2, 0) is 9.53 Å². The first-order valence-electron chi connectivity index (χ1n) is 6.23. The molecule has 1 amide bonds. The van der Waals surface area contributed by atoms with Crippen molar-refractivity contribution in [1.82, 2.24) is 5.32 Å². The fourth-order valence-corrected chi connectivity index (χ4v) is 2.09. The molecule has 102 valence electrons. The molecule has 0 aromatic heterocycles. The molecule has 1 N–H and O–H groups in total. The fourth-order valence-electron chi connectivity index (χ4n) is 1.95. The summed E-state index contributed by atoms with van der Waals surface area (Å²) in [6, 6.07) is 0. The lowest BCUT2D eigenvalue weighted by Gasteiger charge is -2.31. The number of carbonyl (C=O) groups is 2. The molecule has 0 radical (unpaired) electrons. The molecule has 0 aromatic carbocycles. The van der Waals surface area contributed by atoms with Crippen molar-refractivity contribution in [3.05, 3.63) is 12.2 Å². The highest BCUT2D eigenvalue weighted by Crippen LogP contribution is 2.34. The van der Waals surface area contributed by atoms with Gasteiger partial charge >= 0.3 is 6.09 Å². The van der Waals surface area contributed by atoms with E-state index in [1.807, 2.05) is 6.08 Å². The highest BCUT2D eigenvalue weighted by Gasteiger charge is 2.36. The average molecular weight is 274 g/mol. The number of alkyl halides is 1. The number of hydrogen-bond donors (Lipinski definition) is 1. The number of carbonyl (C=O) groups excluding carboxylic acids is 2. The van der Waals surface area contributed by atoms with Crippen LogP contribution in [0.3, 0.4) is 0 Å². The molecule has 1 unspecified atom stereocenters. The van der Waals surface area contributed by atoms with Crippen molar-refractivity contribution in [2.24, 2.45) is 5.41 Å². The Morgan fingerprint density at radius 3 is 2.78 bits per heavy atom. The van der Waals surface area contributed by atoms with Crippen LogP contribution in [0.25, 0.3) is 0 Å². The van der Waals surface area contributed by atoms with Crippen LogP contribution in [0.1, 0.15) is 32.6 Å². The van der Waals surface area contributed by atoms with Crippen LogP contribution in [-0.4, -0.2) is 30.9 Å². The number of hydrogen-bond acceptors (Lipinski definition) is 3. The number of ether oxygens (including phenoxy) is 1. The van der Waals surface area contributed by atoms with Gasteiger partial charge in [-0.1, -0.05) is 12.2 Å². The second kappa shape index (κ2) is 7.41. The van der Waals surface area contributed by atoms with Gasteiger partial charge in [0, 0.05) is 12.4 Å². The van der Waals surface area contributed by atoms with Gasteiger partial charge in [-0.15, -0.1) is 11.6 Å². The summed E-state index contributed by atoms with van der Waals surface area (Å²) in [5, 5.41) is 2.60. The maximum atomic E-state index is 11.7. The molecule has 0 saturated heterocycles. The van der Waals surface area contributed by atoms with Gasteiger partial charge in [-0.3, -0.25) is 4.79 Å². The minimum Gasteiger partial charge on any atom is -0.448 e. The van der Waals surface area contributed by atoms with Crippen molar-refractivity contribution < 1.29 is 14.3 Å². The van der Waals surface area contributed by atoms with E-state index in [1.54, 1.807) is 6.92 Å². The molecule has 18 heavy (non-hydrogen) atoms. The van der Waals surface area contributed by atoms with Gasteiger partial charge in [-0.25, -0.2) is 4.79 Å². The number of ketones is 1. The third kappa shape index (κ3) is 4.33. The molecule has 0 bridgehead atoms. The average Bonchev–Trinajstić information content (AvgIpc) is 2.37. The molecule has 1 aliphatic rings. The van der Waals surface area contributed by atoms with E-state index in [2.05, 4.69) is 11.4 Å². The van der Waals surface area contributed by atoms with Crippen LogP contribution in [0.15, 0.2) is 12.2 Å². The van der Waals surface area contributed by atoms with Crippen LogP contribution in [0.4, 0.5) is 4.79 Å². The third-order valence-electron chi connectivity index (χ3n) is 3.27. The normalized spacial score (nSPS) is 22.6. The van der Waals surface area contributed by atoms with E-state index in [1.165, 1.54) is 0 Å². The van der Waals surface area contributed by atoms with Gasteiger partial charge < -0.3 is 10.1 Å². The predicted molar refractivity (Wildman–Crippen MR) is 70.8 cm³/mol. The zero-order chi connectivity index (χ0) is 13.4. The lowest BCUT2D eigenvalue weighted by atomic mass is 9.75. The highest BCUT2D eigenvalue weighted by molar-refractivity contribution is 6.17. The van der Waals surface area contributed by atoms with Gasteiger partial charge in [0.25, 0.3) is 0 Å². The van der Waals surface area contributed by atoms with Gasteiger partial charge in [0.05, 0.1) is 5.41 Å². The van der Waals surface area contributed by atoms with Crippen LogP contribution >= 0.6 is 11.6 Å². The van der Waals surface area contributed by atoms with Crippen molar-refractivity contribution in [2.45, 2.75) is 32.6 Å². The Morgan fingerprint density at radius 2 is 2.22 bits per heavy atom. The molecule has 0 saturated carbocycles. The zero-order valence-electron chi connectivity index (χ0n) is 10.7. The first-order chi connectivity index (χ1) is 8.60. The predicted octanol–water partition coefficient (Wildman–Crippen LogP) is 2.66. The van der Waals surface area contributed by atoms with Crippen molar-refractivity contribution in [2.75, 3.05) is 19.0 Å². The lowest BCUT2D eigenvalue weighted by molar-refractivity contribution is -0.129. The molecule has 0 heterocycles. The lowest BCUT2D eigenvalue weighted by Crippen LogP contribution is -2.38. The fraction of sp³-hybridized carbons (Fsp3) is 0.692. The summed E-state index contributed by atoms with van der Waals surface area (Å²) in [7, 11) is 0. The van der Waals surface area contributed by atoms with Gasteiger partial charge in [0.2, 0.25) is 0 Å². The second-order valence-electron chi connectivity index (χ2n) is 4.60. The Labute approximate surface area is 113 Å². The van der Waals surface area contributed by atoms with Crippen molar-refractivity contribution in [3.63, 3.8) is 0 Å².